The average Bonchev–Trinajstić information content (AvgIpc) is 2.71. The van der Waals surface area contributed by atoms with Crippen LogP contribution in [0.5, 0.6) is 0 Å². The average molecular weight is 244 g/mol. The van der Waals surface area contributed by atoms with Gasteiger partial charge in [0.05, 0.1) is 5.51 Å². The van der Waals surface area contributed by atoms with E-state index in [-0.39, 0.29) is 0 Å². The van der Waals surface area contributed by atoms with Crippen molar-refractivity contribution in [2.24, 2.45) is 0 Å². The van der Waals surface area contributed by atoms with Gasteiger partial charge >= 0.3 is 0 Å². The van der Waals surface area contributed by atoms with Crippen LogP contribution in [-0.4, -0.2) is 29.1 Å². The number of rotatable bonds is 8. The summed E-state index contributed by atoms with van der Waals surface area (Å²) >= 11 is 3.80. The Morgan fingerprint density at radius 2 is 2.40 bits per heavy atom. The summed E-state index contributed by atoms with van der Waals surface area (Å²) < 4.78 is 0. The van der Waals surface area contributed by atoms with E-state index in [1.807, 2.05) is 23.5 Å². The fraction of sp³-hybridized carbons (Fsp3) is 0.727. The molecule has 86 valence electrons. The van der Waals surface area contributed by atoms with E-state index in [4.69, 9.17) is 0 Å². The molecule has 0 aliphatic carbocycles. The van der Waals surface area contributed by atoms with E-state index in [1.165, 1.54) is 22.8 Å². The lowest BCUT2D eigenvalue weighted by Gasteiger charge is -2.16. The molecule has 0 fully saturated rings. The smallest absolute Gasteiger partial charge is 0.0794 e. The Labute approximate surface area is 101 Å². The van der Waals surface area contributed by atoms with E-state index in [1.54, 1.807) is 11.3 Å². The van der Waals surface area contributed by atoms with Crippen molar-refractivity contribution >= 4 is 23.1 Å². The highest BCUT2D eigenvalue weighted by Crippen LogP contribution is 2.12. The minimum atomic E-state index is 0.604. The van der Waals surface area contributed by atoms with Crippen LogP contribution in [0.3, 0.4) is 0 Å². The molecule has 0 saturated heterocycles. The van der Waals surface area contributed by atoms with E-state index >= 15 is 0 Å². The molecule has 2 nitrogen and oxygen atoms in total. The Morgan fingerprint density at radius 1 is 1.53 bits per heavy atom. The number of thiazole rings is 1. The molecule has 1 rings (SSSR count). The van der Waals surface area contributed by atoms with Crippen LogP contribution in [-0.2, 0) is 6.42 Å². The maximum absolute atomic E-state index is 4.12. The van der Waals surface area contributed by atoms with Gasteiger partial charge in [0.15, 0.2) is 0 Å². The molecule has 0 aromatic carbocycles. The van der Waals surface area contributed by atoms with Gasteiger partial charge in [-0.05, 0) is 25.1 Å². The van der Waals surface area contributed by atoms with Gasteiger partial charge in [-0.1, -0.05) is 13.8 Å². The number of thioether (sulfide) groups is 1. The zero-order valence-corrected chi connectivity index (χ0v) is 11.2. The maximum Gasteiger partial charge on any atom is 0.0794 e. The van der Waals surface area contributed by atoms with Crippen molar-refractivity contribution in [2.45, 2.75) is 32.7 Å². The zero-order valence-electron chi connectivity index (χ0n) is 9.53. The van der Waals surface area contributed by atoms with Crippen LogP contribution in [0.2, 0.25) is 0 Å². The summed E-state index contributed by atoms with van der Waals surface area (Å²) in [5.74, 6) is 2.48. The van der Waals surface area contributed by atoms with Gasteiger partial charge in [-0.15, -0.1) is 11.3 Å². The number of nitrogens with zero attached hydrogens (tertiary/aromatic N) is 1. The van der Waals surface area contributed by atoms with Crippen molar-refractivity contribution in [3.05, 3.63) is 16.6 Å². The van der Waals surface area contributed by atoms with Gasteiger partial charge in [-0.25, -0.2) is 0 Å². The molecule has 4 heteroatoms. The minimum absolute atomic E-state index is 0.604. The molecule has 0 aliphatic rings. The van der Waals surface area contributed by atoms with Gasteiger partial charge in [-0.3, -0.25) is 4.98 Å². The number of nitrogens with one attached hydrogen (secondary N) is 1. The van der Waals surface area contributed by atoms with Crippen LogP contribution in [0.25, 0.3) is 0 Å². The number of likely N-dealkylation sites (N-methyl/N-ethyl adjacent to an activating group) is 1. The monoisotopic (exact) mass is 244 g/mol. The Morgan fingerprint density at radius 3 is 3.00 bits per heavy atom. The van der Waals surface area contributed by atoms with Crippen LogP contribution < -0.4 is 5.32 Å². The first-order chi connectivity index (χ1) is 7.36. The van der Waals surface area contributed by atoms with Crippen LogP contribution in [0.15, 0.2) is 11.7 Å². The molecule has 0 aliphatic heterocycles. The quantitative estimate of drug-likeness (QED) is 0.712. The molecule has 1 aromatic heterocycles. The van der Waals surface area contributed by atoms with Crippen molar-refractivity contribution in [3.8, 4) is 0 Å². The van der Waals surface area contributed by atoms with Crippen LogP contribution in [0.1, 0.15) is 25.1 Å². The minimum Gasteiger partial charge on any atom is -0.313 e. The van der Waals surface area contributed by atoms with Crippen LogP contribution >= 0.6 is 23.1 Å². The van der Waals surface area contributed by atoms with Gasteiger partial charge in [0.1, 0.15) is 0 Å². The second-order valence-corrected chi connectivity index (χ2v) is 5.62. The first kappa shape index (κ1) is 13.0. The first-order valence-corrected chi connectivity index (χ1v) is 7.58. The molecule has 1 atom stereocenters. The Balaban J connectivity index is 2.29. The fourth-order valence-corrected chi connectivity index (χ4v) is 3.09. The molecular weight excluding hydrogens is 224 g/mol. The molecule has 15 heavy (non-hydrogen) atoms. The molecular formula is C11H20N2S2. The summed E-state index contributed by atoms with van der Waals surface area (Å²) in [7, 11) is 0. The molecule has 0 spiro atoms. The van der Waals surface area contributed by atoms with E-state index in [2.05, 4.69) is 24.1 Å². The lowest BCUT2D eigenvalue weighted by molar-refractivity contribution is 0.576. The summed E-state index contributed by atoms with van der Waals surface area (Å²) in [4.78, 5) is 5.50. The summed E-state index contributed by atoms with van der Waals surface area (Å²) in [5, 5.41) is 3.54. The highest BCUT2D eigenvalue weighted by atomic mass is 32.2. The Kier molecular flexibility index (Phi) is 7.05. The highest BCUT2D eigenvalue weighted by molar-refractivity contribution is 7.99. The molecule has 0 amide bonds. The Hall–Kier alpha value is -0.0600. The lowest BCUT2D eigenvalue weighted by atomic mass is 10.2. The second kappa shape index (κ2) is 8.13. The van der Waals surface area contributed by atoms with Crippen molar-refractivity contribution < 1.29 is 0 Å². The fourth-order valence-electron chi connectivity index (χ4n) is 1.43. The Bertz CT molecular complexity index is 237. The predicted molar refractivity (Wildman–Crippen MR) is 70.9 cm³/mol. The summed E-state index contributed by atoms with van der Waals surface area (Å²) in [6, 6.07) is 0.604. The third-order valence-corrected chi connectivity index (χ3v) is 4.23. The molecule has 1 aromatic rings. The van der Waals surface area contributed by atoms with Crippen LogP contribution in [0.4, 0.5) is 0 Å². The molecule has 1 N–H and O–H groups in total. The van der Waals surface area contributed by atoms with E-state index < -0.39 is 0 Å². The second-order valence-electron chi connectivity index (χ2n) is 3.50. The van der Waals surface area contributed by atoms with Crippen molar-refractivity contribution in [1.82, 2.24) is 10.3 Å². The van der Waals surface area contributed by atoms with Crippen molar-refractivity contribution in [1.29, 1.82) is 0 Å². The van der Waals surface area contributed by atoms with E-state index in [0.29, 0.717) is 6.04 Å². The highest BCUT2D eigenvalue weighted by Gasteiger charge is 2.08. The lowest BCUT2D eigenvalue weighted by Crippen LogP contribution is -2.33. The standard InChI is InChI=1S/C11H20N2S2/c1-3-5-14-8-10(13-4-2)6-11-7-12-9-15-11/h7,9-10,13H,3-6,8H2,1-2H3. The summed E-state index contributed by atoms with van der Waals surface area (Å²) in [6.45, 7) is 5.46. The van der Waals surface area contributed by atoms with Crippen LogP contribution in [0, 0.1) is 0 Å². The molecule has 0 radical (unpaired) electrons. The number of aromatic nitrogens is 1. The van der Waals surface area contributed by atoms with Gasteiger partial charge in [-0.2, -0.15) is 11.8 Å². The summed E-state index contributed by atoms with van der Waals surface area (Å²) in [5.41, 5.74) is 1.91. The zero-order chi connectivity index (χ0) is 10.9. The molecule has 1 unspecified atom stereocenters. The molecule has 0 saturated carbocycles. The van der Waals surface area contributed by atoms with Crippen molar-refractivity contribution in [2.75, 3.05) is 18.1 Å². The normalized spacial score (nSPS) is 12.9. The van der Waals surface area contributed by atoms with Gasteiger partial charge in [0.25, 0.3) is 0 Å². The van der Waals surface area contributed by atoms with E-state index in [0.717, 1.165) is 13.0 Å². The SMILES string of the molecule is CCCSCC(Cc1cncs1)NCC. The molecule has 0 bridgehead atoms. The van der Waals surface area contributed by atoms with Gasteiger partial charge in [0.2, 0.25) is 0 Å². The third-order valence-electron chi connectivity index (χ3n) is 2.09. The first-order valence-electron chi connectivity index (χ1n) is 5.55. The van der Waals surface area contributed by atoms with Gasteiger partial charge in [0, 0.05) is 22.9 Å². The van der Waals surface area contributed by atoms with E-state index in [9.17, 15) is 0 Å². The largest absolute Gasteiger partial charge is 0.313 e. The third kappa shape index (κ3) is 5.54. The summed E-state index contributed by atoms with van der Waals surface area (Å²) in [6.07, 6.45) is 4.37. The topological polar surface area (TPSA) is 24.9 Å². The number of hydrogen-bond donors (Lipinski definition) is 1. The van der Waals surface area contributed by atoms with Crippen molar-refractivity contribution in [3.63, 3.8) is 0 Å². The predicted octanol–water partition coefficient (Wildman–Crippen LogP) is 2.81. The maximum atomic E-state index is 4.12. The number of hydrogen-bond acceptors (Lipinski definition) is 4. The molecule has 1 heterocycles. The van der Waals surface area contributed by atoms with Gasteiger partial charge < -0.3 is 5.32 Å².